The largest absolute Gasteiger partial charge is 0.462 e. The van der Waals surface area contributed by atoms with E-state index in [9.17, 15) is 13.2 Å². The Morgan fingerprint density at radius 3 is 2.15 bits per heavy atom. The van der Waals surface area contributed by atoms with Gasteiger partial charge in [-0.3, -0.25) is 4.72 Å². The molecule has 1 aromatic heterocycles. The summed E-state index contributed by atoms with van der Waals surface area (Å²) in [5.74, 6) is -0.158. The van der Waals surface area contributed by atoms with Crippen molar-refractivity contribution in [1.82, 2.24) is 0 Å². The Bertz CT molecular complexity index is 1610. The lowest BCUT2D eigenvalue weighted by Crippen LogP contribution is -2.13. The van der Waals surface area contributed by atoms with Gasteiger partial charge in [0.05, 0.1) is 17.2 Å². The van der Waals surface area contributed by atoms with Crippen molar-refractivity contribution in [2.45, 2.75) is 11.8 Å². The van der Waals surface area contributed by atoms with Crippen molar-refractivity contribution >= 4 is 43.4 Å². The standard InChI is InChI=1S/C27H21NO5S/c1-2-32-27(29)24-22-17-23(28-34(30,31)19-13-7-4-8-14-19)20-15-9-10-16-21(20)26(22)33-25(24)18-11-5-3-6-12-18/h3-17,28H,2H2,1H3. The summed E-state index contributed by atoms with van der Waals surface area (Å²) in [6.07, 6.45) is 0. The monoisotopic (exact) mass is 471 g/mol. The molecule has 1 heterocycles. The number of nitrogens with one attached hydrogen (secondary N) is 1. The van der Waals surface area contributed by atoms with Gasteiger partial charge < -0.3 is 9.15 Å². The fourth-order valence-electron chi connectivity index (χ4n) is 4.01. The van der Waals surface area contributed by atoms with Crippen LogP contribution in [0.15, 0.2) is 100 Å². The first kappa shape index (κ1) is 21.7. The highest BCUT2D eigenvalue weighted by molar-refractivity contribution is 7.92. The molecule has 1 N–H and O–H groups in total. The summed E-state index contributed by atoms with van der Waals surface area (Å²) in [6.45, 7) is 1.93. The number of benzene rings is 4. The van der Waals surface area contributed by atoms with Crippen LogP contribution in [0.1, 0.15) is 17.3 Å². The number of hydrogen-bond donors (Lipinski definition) is 1. The number of esters is 1. The first-order valence-electron chi connectivity index (χ1n) is 10.8. The quantitative estimate of drug-likeness (QED) is 0.297. The average molecular weight is 472 g/mol. The maximum Gasteiger partial charge on any atom is 0.342 e. The third kappa shape index (κ3) is 3.80. The lowest BCUT2D eigenvalue weighted by Gasteiger charge is -2.12. The minimum atomic E-state index is -3.86. The van der Waals surface area contributed by atoms with E-state index < -0.39 is 16.0 Å². The summed E-state index contributed by atoms with van der Waals surface area (Å²) in [5, 5.41) is 1.80. The van der Waals surface area contributed by atoms with Crippen LogP contribution in [0.5, 0.6) is 0 Å². The third-order valence-electron chi connectivity index (χ3n) is 5.51. The van der Waals surface area contributed by atoms with E-state index in [1.165, 1.54) is 12.1 Å². The number of carbonyl (C=O) groups excluding carboxylic acids is 1. The Hall–Kier alpha value is -4.10. The first-order valence-corrected chi connectivity index (χ1v) is 12.3. The van der Waals surface area contributed by atoms with E-state index in [1.807, 2.05) is 54.6 Å². The maximum absolute atomic E-state index is 13.1. The zero-order valence-corrected chi connectivity index (χ0v) is 19.1. The van der Waals surface area contributed by atoms with Crippen molar-refractivity contribution in [3.8, 4) is 11.3 Å². The molecular formula is C27H21NO5S. The minimum absolute atomic E-state index is 0.141. The van der Waals surface area contributed by atoms with Crippen molar-refractivity contribution in [2.24, 2.45) is 0 Å². The summed E-state index contributed by atoms with van der Waals surface area (Å²) in [4.78, 5) is 13.2. The fraction of sp³-hybridized carbons (Fsp3) is 0.0741. The molecule has 0 saturated heterocycles. The zero-order chi connectivity index (χ0) is 23.7. The number of carbonyl (C=O) groups is 1. The van der Waals surface area contributed by atoms with Crippen LogP contribution in [-0.2, 0) is 14.8 Å². The van der Waals surface area contributed by atoms with Gasteiger partial charge in [0, 0.05) is 21.7 Å². The van der Waals surface area contributed by atoms with E-state index >= 15 is 0 Å². The number of furan rings is 1. The molecule has 0 aliphatic heterocycles. The lowest BCUT2D eigenvalue weighted by molar-refractivity contribution is 0.0528. The average Bonchev–Trinajstić information content (AvgIpc) is 3.25. The Morgan fingerprint density at radius 1 is 0.853 bits per heavy atom. The Morgan fingerprint density at radius 2 is 1.47 bits per heavy atom. The van der Waals surface area contributed by atoms with E-state index in [1.54, 1.807) is 31.2 Å². The molecule has 4 aromatic carbocycles. The molecule has 170 valence electrons. The van der Waals surface area contributed by atoms with Gasteiger partial charge in [0.1, 0.15) is 16.9 Å². The van der Waals surface area contributed by atoms with Gasteiger partial charge in [0.2, 0.25) is 0 Å². The van der Waals surface area contributed by atoms with Crippen LogP contribution >= 0.6 is 0 Å². The molecule has 5 rings (SSSR count). The zero-order valence-electron chi connectivity index (χ0n) is 18.3. The number of sulfonamides is 1. The van der Waals surface area contributed by atoms with E-state index in [2.05, 4.69) is 4.72 Å². The molecular weight excluding hydrogens is 450 g/mol. The van der Waals surface area contributed by atoms with Crippen molar-refractivity contribution in [2.75, 3.05) is 11.3 Å². The number of fused-ring (bicyclic) bond motifs is 3. The summed E-state index contributed by atoms with van der Waals surface area (Å²) in [5.41, 5.74) is 1.81. The second-order valence-electron chi connectivity index (χ2n) is 7.66. The topological polar surface area (TPSA) is 85.6 Å². The molecule has 0 bridgehead atoms. The van der Waals surface area contributed by atoms with Crippen LogP contribution in [-0.4, -0.2) is 21.0 Å². The molecule has 6 nitrogen and oxygen atoms in total. The molecule has 5 aromatic rings. The Kier molecular flexibility index (Phi) is 5.55. The molecule has 0 unspecified atom stereocenters. The van der Waals surface area contributed by atoms with Crippen LogP contribution < -0.4 is 4.72 Å². The van der Waals surface area contributed by atoms with Gasteiger partial charge in [-0.25, -0.2) is 13.2 Å². The Balaban J connectivity index is 1.79. The molecule has 0 fully saturated rings. The summed E-state index contributed by atoms with van der Waals surface area (Å²) < 4.78 is 40.5. The van der Waals surface area contributed by atoms with Crippen molar-refractivity contribution in [3.63, 3.8) is 0 Å². The van der Waals surface area contributed by atoms with Crippen molar-refractivity contribution < 1.29 is 22.4 Å². The molecule has 0 radical (unpaired) electrons. The fourth-order valence-corrected chi connectivity index (χ4v) is 5.10. The highest BCUT2D eigenvalue weighted by atomic mass is 32.2. The number of rotatable bonds is 6. The second-order valence-corrected chi connectivity index (χ2v) is 9.34. The van der Waals surface area contributed by atoms with Crippen LogP contribution in [0.4, 0.5) is 5.69 Å². The normalized spacial score (nSPS) is 11.6. The summed E-state index contributed by atoms with van der Waals surface area (Å²) >= 11 is 0. The number of anilines is 1. The van der Waals surface area contributed by atoms with E-state index in [-0.39, 0.29) is 17.1 Å². The first-order chi connectivity index (χ1) is 16.5. The SMILES string of the molecule is CCOC(=O)c1c(-c2ccccc2)oc2c1cc(NS(=O)(=O)c1ccccc1)c1ccccc12. The molecule has 0 aliphatic carbocycles. The number of ether oxygens (including phenoxy) is 1. The van der Waals surface area contributed by atoms with Gasteiger partial charge in [-0.1, -0.05) is 72.8 Å². The number of hydrogen-bond acceptors (Lipinski definition) is 5. The van der Waals surface area contributed by atoms with Crippen LogP contribution in [0, 0.1) is 0 Å². The van der Waals surface area contributed by atoms with Crippen LogP contribution in [0.25, 0.3) is 33.1 Å². The predicted octanol–water partition coefficient (Wildman–Crippen LogP) is 6.23. The molecule has 0 atom stereocenters. The van der Waals surface area contributed by atoms with Crippen LogP contribution in [0.2, 0.25) is 0 Å². The molecule has 0 saturated carbocycles. The van der Waals surface area contributed by atoms with Gasteiger partial charge in [-0.15, -0.1) is 0 Å². The van der Waals surface area contributed by atoms with Crippen molar-refractivity contribution in [3.05, 3.63) is 96.6 Å². The maximum atomic E-state index is 13.1. The predicted molar refractivity (Wildman–Crippen MR) is 132 cm³/mol. The highest BCUT2D eigenvalue weighted by Crippen LogP contribution is 2.41. The minimum Gasteiger partial charge on any atom is -0.462 e. The van der Waals surface area contributed by atoms with Crippen molar-refractivity contribution in [1.29, 1.82) is 0 Å². The Labute approximate surface area is 196 Å². The van der Waals surface area contributed by atoms with Crippen LogP contribution in [0.3, 0.4) is 0 Å². The second kappa shape index (κ2) is 8.68. The molecule has 0 amide bonds. The molecule has 0 spiro atoms. The molecule has 34 heavy (non-hydrogen) atoms. The molecule has 0 aliphatic rings. The molecule has 7 heteroatoms. The summed E-state index contributed by atoms with van der Waals surface area (Å²) in [7, 11) is -3.86. The lowest BCUT2D eigenvalue weighted by atomic mass is 10.0. The third-order valence-corrected chi connectivity index (χ3v) is 6.89. The van der Waals surface area contributed by atoms with Gasteiger partial charge in [-0.05, 0) is 25.1 Å². The van der Waals surface area contributed by atoms with Gasteiger partial charge >= 0.3 is 5.97 Å². The van der Waals surface area contributed by atoms with E-state index in [0.29, 0.717) is 33.2 Å². The van der Waals surface area contributed by atoms with Gasteiger partial charge in [0.25, 0.3) is 10.0 Å². The highest BCUT2D eigenvalue weighted by Gasteiger charge is 2.26. The smallest absolute Gasteiger partial charge is 0.342 e. The van der Waals surface area contributed by atoms with E-state index in [4.69, 9.17) is 9.15 Å². The van der Waals surface area contributed by atoms with Gasteiger partial charge in [0.15, 0.2) is 0 Å². The van der Waals surface area contributed by atoms with E-state index in [0.717, 1.165) is 5.56 Å². The summed E-state index contributed by atoms with van der Waals surface area (Å²) in [6, 6.07) is 26.4. The van der Waals surface area contributed by atoms with Gasteiger partial charge in [-0.2, -0.15) is 0 Å².